The van der Waals surface area contributed by atoms with Crippen LogP contribution in [0.2, 0.25) is 0 Å². The minimum Gasteiger partial charge on any atom is -0.356 e. The fourth-order valence-electron chi connectivity index (χ4n) is 1.73. The number of halogens is 3. The smallest absolute Gasteiger partial charge is 0.356 e. The highest BCUT2D eigenvalue weighted by Gasteiger charge is 2.35. The predicted molar refractivity (Wildman–Crippen MR) is 58.6 cm³/mol. The SMILES string of the molecule is CN(c1nc(C(F)(F)F)ccc1CN)C1CC1. The molecule has 0 spiro atoms. The topological polar surface area (TPSA) is 42.2 Å². The van der Waals surface area contributed by atoms with Crippen LogP contribution >= 0.6 is 0 Å². The van der Waals surface area contributed by atoms with Gasteiger partial charge in [-0.15, -0.1) is 0 Å². The highest BCUT2D eigenvalue weighted by Crippen LogP contribution is 2.34. The van der Waals surface area contributed by atoms with Crippen LogP contribution in [-0.4, -0.2) is 18.1 Å². The fraction of sp³-hybridized carbons (Fsp3) is 0.545. The second-order valence-corrected chi connectivity index (χ2v) is 4.22. The molecule has 0 bridgehead atoms. The van der Waals surface area contributed by atoms with E-state index in [1.165, 1.54) is 6.07 Å². The van der Waals surface area contributed by atoms with Gasteiger partial charge in [-0.1, -0.05) is 6.07 Å². The van der Waals surface area contributed by atoms with Crippen LogP contribution in [0.15, 0.2) is 12.1 Å². The summed E-state index contributed by atoms with van der Waals surface area (Å²) in [5.41, 5.74) is 5.30. The van der Waals surface area contributed by atoms with Gasteiger partial charge < -0.3 is 10.6 Å². The monoisotopic (exact) mass is 245 g/mol. The average Bonchev–Trinajstić information content (AvgIpc) is 3.09. The minimum atomic E-state index is -4.41. The molecule has 6 heteroatoms. The lowest BCUT2D eigenvalue weighted by atomic mass is 10.2. The van der Waals surface area contributed by atoms with Crippen LogP contribution < -0.4 is 10.6 Å². The molecular formula is C11H14F3N3. The Morgan fingerprint density at radius 1 is 1.41 bits per heavy atom. The van der Waals surface area contributed by atoms with Gasteiger partial charge >= 0.3 is 6.18 Å². The van der Waals surface area contributed by atoms with Crippen LogP contribution in [0.5, 0.6) is 0 Å². The van der Waals surface area contributed by atoms with Gasteiger partial charge in [0.2, 0.25) is 0 Å². The van der Waals surface area contributed by atoms with Gasteiger partial charge in [-0.25, -0.2) is 4.98 Å². The molecule has 2 rings (SSSR count). The maximum atomic E-state index is 12.6. The number of nitrogens with zero attached hydrogens (tertiary/aromatic N) is 2. The molecule has 0 saturated heterocycles. The Morgan fingerprint density at radius 2 is 2.06 bits per heavy atom. The molecule has 3 nitrogen and oxygen atoms in total. The van der Waals surface area contributed by atoms with E-state index in [1.54, 1.807) is 11.9 Å². The summed E-state index contributed by atoms with van der Waals surface area (Å²) in [6, 6.07) is 2.69. The standard InChI is InChI=1S/C11H14F3N3/c1-17(8-3-4-8)10-7(6-15)2-5-9(16-10)11(12,13)14/h2,5,8H,3-4,6,15H2,1H3. The van der Waals surface area contributed by atoms with Crippen LogP contribution in [0, 0.1) is 0 Å². The first kappa shape index (κ1) is 12.2. The van der Waals surface area contributed by atoms with Crippen molar-refractivity contribution < 1.29 is 13.2 Å². The van der Waals surface area contributed by atoms with Crippen molar-refractivity contribution in [3.05, 3.63) is 23.4 Å². The molecule has 1 aliphatic rings. The van der Waals surface area contributed by atoms with Crippen molar-refractivity contribution in [2.45, 2.75) is 31.6 Å². The number of rotatable bonds is 3. The second-order valence-electron chi connectivity index (χ2n) is 4.22. The molecule has 0 amide bonds. The van der Waals surface area contributed by atoms with Crippen molar-refractivity contribution in [3.8, 4) is 0 Å². The van der Waals surface area contributed by atoms with E-state index >= 15 is 0 Å². The number of nitrogens with two attached hydrogens (primary N) is 1. The number of aromatic nitrogens is 1. The van der Waals surface area contributed by atoms with Crippen LogP contribution in [0.3, 0.4) is 0 Å². The van der Waals surface area contributed by atoms with E-state index < -0.39 is 11.9 Å². The summed E-state index contributed by atoms with van der Waals surface area (Å²) in [6.45, 7) is 0.192. The molecular weight excluding hydrogens is 231 g/mol. The van der Waals surface area contributed by atoms with Gasteiger partial charge in [0.1, 0.15) is 11.5 Å². The Kier molecular flexibility index (Phi) is 2.99. The molecule has 1 aromatic rings. The quantitative estimate of drug-likeness (QED) is 0.887. The van der Waals surface area contributed by atoms with Gasteiger partial charge in [0, 0.05) is 25.2 Å². The highest BCUT2D eigenvalue weighted by atomic mass is 19.4. The van der Waals surface area contributed by atoms with E-state index in [0.29, 0.717) is 17.4 Å². The van der Waals surface area contributed by atoms with Crippen LogP contribution in [0.25, 0.3) is 0 Å². The molecule has 1 heterocycles. The Hall–Kier alpha value is -1.30. The van der Waals surface area contributed by atoms with Gasteiger partial charge in [0.05, 0.1) is 0 Å². The van der Waals surface area contributed by atoms with E-state index in [-0.39, 0.29) is 6.54 Å². The van der Waals surface area contributed by atoms with Crippen LogP contribution in [-0.2, 0) is 12.7 Å². The first-order chi connectivity index (χ1) is 7.93. The molecule has 0 atom stereocenters. The lowest BCUT2D eigenvalue weighted by Crippen LogP contribution is -2.24. The summed E-state index contributed by atoms with van der Waals surface area (Å²) in [4.78, 5) is 5.49. The maximum Gasteiger partial charge on any atom is 0.433 e. The van der Waals surface area contributed by atoms with Crippen LogP contribution in [0.4, 0.5) is 19.0 Å². The molecule has 0 aliphatic heterocycles. The third-order valence-electron chi connectivity index (χ3n) is 2.89. The zero-order valence-corrected chi connectivity index (χ0v) is 9.46. The summed E-state index contributed by atoms with van der Waals surface area (Å²) in [5, 5.41) is 0. The fourth-order valence-corrected chi connectivity index (χ4v) is 1.73. The van der Waals surface area contributed by atoms with Crippen molar-refractivity contribution in [2.24, 2.45) is 5.73 Å². The highest BCUT2D eigenvalue weighted by molar-refractivity contribution is 5.49. The number of anilines is 1. The van der Waals surface area contributed by atoms with E-state index in [4.69, 9.17) is 5.73 Å². The van der Waals surface area contributed by atoms with E-state index in [1.807, 2.05) is 0 Å². The van der Waals surface area contributed by atoms with Gasteiger partial charge in [-0.2, -0.15) is 13.2 Å². The first-order valence-corrected chi connectivity index (χ1v) is 5.43. The molecule has 94 valence electrons. The third kappa shape index (κ3) is 2.52. The first-order valence-electron chi connectivity index (χ1n) is 5.43. The Morgan fingerprint density at radius 3 is 2.53 bits per heavy atom. The minimum absolute atomic E-state index is 0.192. The van der Waals surface area contributed by atoms with Crippen molar-refractivity contribution in [3.63, 3.8) is 0 Å². The molecule has 17 heavy (non-hydrogen) atoms. The molecule has 1 saturated carbocycles. The summed E-state index contributed by atoms with van der Waals surface area (Å²) in [6.07, 6.45) is -2.41. The summed E-state index contributed by atoms with van der Waals surface area (Å²) >= 11 is 0. The number of pyridine rings is 1. The van der Waals surface area contributed by atoms with Crippen molar-refractivity contribution in [1.29, 1.82) is 0 Å². The zero-order chi connectivity index (χ0) is 12.6. The van der Waals surface area contributed by atoms with Gasteiger partial charge in [-0.05, 0) is 18.9 Å². The normalized spacial score (nSPS) is 16.1. The van der Waals surface area contributed by atoms with E-state index in [0.717, 1.165) is 18.9 Å². The zero-order valence-electron chi connectivity index (χ0n) is 9.46. The summed E-state index contributed by atoms with van der Waals surface area (Å²) in [5.74, 6) is 0.352. The third-order valence-corrected chi connectivity index (χ3v) is 2.89. The van der Waals surface area contributed by atoms with Crippen LogP contribution in [0.1, 0.15) is 24.1 Å². The Balaban J connectivity index is 2.39. The molecule has 0 aromatic carbocycles. The predicted octanol–water partition coefficient (Wildman–Crippen LogP) is 2.16. The van der Waals surface area contributed by atoms with Crippen molar-refractivity contribution in [1.82, 2.24) is 4.98 Å². The summed E-state index contributed by atoms with van der Waals surface area (Å²) in [7, 11) is 1.76. The Bertz CT molecular complexity index is 413. The molecule has 0 unspecified atom stereocenters. The van der Waals surface area contributed by atoms with Crippen molar-refractivity contribution >= 4 is 5.82 Å². The largest absolute Gasteiger partial charge is 0.433 e. The average molecular weight is 245 g/mol. The molecule has 1 aromatic heterocycles. The number of hydrogen-bond donors (Lipinski definition) is 1. The van der Waals surface area contributed by atoms with Crippen molar-refractivity contribution in [2.75, 3.05) is 11.9 Å². The van der Waals surface area contributed by atoms with Gasteiger partial charge in [-0.3, -0.25) is 0 Å². The lowest BCUT2D eigenvalue weighted by Gasteiger charge is -2.21. The maximum absolute atomic E-state index is 12.6. The van der Waals surface area contributed by atoms with E-state index in [9.17, 15) is 13.2 Å². The molecule has 1 aliphatic carbocycles. The number of hydrogen-bond acceptors (Lipinski definition) is 3. The van der Waals surface area contributed by atoms with Gasteiger partial charge in [0.25, 0.3) is 0 Å². The van der Waals surface area contributed by atoms with E-state index in [2.05, 4.69) is 4.98 Å². The Labute approximate surface area is 97.4 Å². The second kappa shape index (κ2) is 4.18. The molecule has 2 N–H and O–H groups in total. The summed E-state index contributed by atoms with van der Waals surface area (Å²) < 4.78 is 37.7. The van der Waals surface area contributed by atoms with Gasteiger partial charge in [0.15, 0.2) is 0 Å². The molecule has 0 radical (unpaired) electrons. The molecule has 1 fully saturated rings. The number of alkyl halides is 3. The lowest BCUT2D eigenvalue weighted by molar-refractivity contribution is -0.141.